The molecule has 13 nitrogen and oxygen atoms in total. The van der Waals surface area contributed by atoms with Gasteiger partial charge in [-0.1, -0.05) is 13.8 Å². The van der Waals surface area contributed by atoms with E-state index in [-0.39, 0.29) is 46.6 Å². The number of hydrogen-bond donors (Lipinski definition) is 0. The van der Waals surface area contributed by atoms with Crippen LogP contribution in [0.3, 0.4) is 0 Å². The summed E-state index contributed by atoms with van der Waals surface area (Å²) in [5.41, 5.74) is -2.87. The Balaban J connectivity index is 1.62. The number of alkyl halides is 6. The fourth-order valence-corrected chi connectivity index (χ4v) is 5.18. The van der Waals surface area contributed by atoms with E-state index in [1.165, 1.54) is 13.8 Å². The van der Waals surface area contributed by atoms with E-state index in [9.17, 15) is 51.4 Å². The molecular weight excluding hydrogens is 710 g/mol. The fourth-order valence-electron chi connectivity index (χ4n) is 5.18. The molecule has 2 aromatic heterocycles. The lowest BCUT2D eigenvalue weighted by Gasteiger charge is -2.18. The third kappa shape index (κ3) is 9.20. The summed E-state index contributed by atoms with van der Waals surface area (Å²) in [6.45, 7) is 3.04. The molecule has 2 unspecified atom stereocenters. The van der Waals surface area contributed by atoms with Crippen LogP contribution in [0.15, 0.2) is 60.9 Å². The molecule has 0 spiro atoms. The Bertz CT molecular complexity index is 1850. The number of methoxy groups -OCH3 is 2. The van der Waals surface area contributed by atoms with E-state index in [0.717, 1.165) is 75.1 Å². The Hall–Kier alpha value is -6.01. The van der Waals surface area contributed by atoms with Gasteiger partial charge in [0.2, 0.25) is 11.8 Å². The van der Waals surface area contributed by atoms with Crippen molar-refractivity contribution in [3.63, 3.8) is 0 Å². The Morgan fingerprint density at radius 2 is 1.06 bits per heavy atom. The second-order valence-corrected chi connectivity index (χ2v) is 11.4. The molecule has 2 aromatic carbocycles. The predicted octanol–water partition coefficient (Wildman–Crippen LogP) is 8.62. The summed E-state index contributed by atoms with van der Waals surface area (Å²) in [6.07, 6.45) is -9.06. The van der Waals surface area contributed by atoms with Gasteiger partial charge in [-0.25, -0.2) is 14.8 Å². The molecule has 4 aromatic rings. The van der Waals surface area contributed by atoms with Crippen molar-refractivity contribution >= 4 is 17.5 Å². The number of hydrogen-bond acceptors (Lipinski definition) is 11. The number of nitro benzene ring substituents is 2. The van der Waals surface area contributed by atoms with Gasteiger partial charge in [-0.15, -0.1) is 0 Å². The van der Waals surface area contributed by atoms with Gasteiger partial charge in [-0.2, -0.15) is 26.3 Å². The normalized spacial score (nSPS) is 12.8. The molecular formula is C33H28F6N4O9. The zero-order valence-corrected chi connectivity index (χ0v) is 27.6. The van der Waals surface area contributed by atoms with Crippen LogP contribution in [-0.2, 0) is 25.2 Å². The van der Waals surface area contributed by atoms with E-state index in [0.29, 0.717) is 0 Å². The second-order valence-electron chi connectivity index (χ2n) is 11.4. The smallest absolute Gasteiger partial charge is 0.481 e. The Morgan fingerprint density at radius 3 is 1.37 bits per heavy atom. The van der Waals surface area contributed by atoms with Crippen LogP contribution in [-0.4, -0.2) is 40.2 Å². The SMILES string of the molecule is COc1ncc(C(C)Cc2cc([N+](=O)[O-])ccc2OC(=O)Oc2ccc([N+](=O)[O-])cc2CC(C)c2cnc(OC)c(C(F)(F)F)c2)cc1C(F)(F)F. The van der Waals surface area contributed by atoms with Crippen LogP contribution < -0.4 is 18.9 Å². The highest BCUT2D eigenvalue weighted by molar-refractivity contribution is 5.69. The van der Waals surface area contributed by atoms with Crippen molar-refractivity contribution in [2.24, 2.45) is 0 Å². The first-order valence-corrected chi connectivity index (χ1v) is 15.0. The maximum atomic E-state index is 13.6. The van der Waals surface area contributed by atoms with Crippen molar-refractivity contribution in [2.75, 3.05) is 14.2 Å². The molecule has 2 atom stereocenters. The largest absolute Gasteiger partial charge is 0.519 e. The summed E-state index contributed by atoms with van der Waals surface area (Å²) in [5, 5.41) is 23.0. The molecule has 0 aliphatic rings. The molecule has 0 saturated heterocycles. The van der Waals surface area contributed by atoms with E-state index in [2.05, 4.69) is 9.97 Å². The van der Waals surface area contributed by atoms with Gasteiger partial charge in [0.25, 0.3) is 11.4 Å². The predicted molar refractivity (Wildman–Crippen MR) is 169 cm³/mol. The van der Waals surface area contributed by atoms with Crippen LogP contribution in [0, 0.1) is 20.2 Å². The van der Waals surface area contributed by atoms with Crippen LogP contribution >= 0.6 is 0 Å². The number of non-ortho nitro benzene ring substituents is 2. The summed E-state index contributed by atoms with van der Waals surface area (Å²) in [4.78, 5) is 42.1. The van der Waals surface area contributed by atoms with Crippen molar-refractivity contribution < 1.29 is 59.9 Å². The number of nitrogens with zero attached hydrogens (tertiary/aromatic N) is 4. The van der Waals surface area contributed by atoms with Crippen molar-refractivity contribution in [2.45, 2.75) is 50.9 Å². The standard InChI is InChI=1S/C33H28F6N4O9/c1-17(21-13-25(32(34,35)36)29(49-3)40-15-21)9-19-11-23(42(45)46)5-7-27(19)51-31(44)52-28-8-6-24(43(47)48)12-20(28)10-18(2)22-14-26(33(37,38)39)30(50-4)41-16-22/h5-8,11-18H,9-10H2,1-4H3. The molecule has 0 aliphatic heterocycles. The minimum Gasteiger partial charge on any atom is -0.481 e. The van der Waals surface area contributed by atoms with Crippen molar-refractivity contribution in [1.29, 1.82) is 0 Å². The Labute approximate surface area is 290 Å². The lowest BCUT2D eigenvalue weighted by molar-refractivity contribution is -0.385. The average molecular weight is 739 g/mol. The summed E-state index contributed by atoms with van der Waals surface area (Å²) in [5.74, 6) is -3.32. The van der Waals surface area contributed by atoms with Crippen LogP contribution in [0.25, 0.3) is 0 Å². The van der Waals surface area contributed by atoms with Crippen LogP contribution in [0.4, 0.5) is 42.5 Å². The first-order chi connectivity index (χ1) is 24.3. The fraction of sp³-hybridized carbons (Fsp3) is 0.303. The topological polar surface area (TPSA) is 166 Å². The zero-order valence-electron chi connectivity index (χ0n) is 27.6. The molecule has 276 valence electrons. The number of benzene rings is 2. The molecule has 0 aliphatic carbocycles. The van der Waals surface area contributed by atoms with E-state index in [1.807, 2.05) is 0 Å². The Kier molecular flexibility index (Phi) is 11.5. The summed E-state index contributed by atoms with van der Waals surface area (Å²) in [7, 11) is 2.05. The monoisotopic (exact) mass is 738 g/mol. The number of ether oxygens (including phenoxy) is 4. The number of carbonyl (C=O) groups excluding carboxylic acids is 1. The second kappa shape index (κ2) is 15.5. The first kappa shape index (κ1) is 38.8. The molecule has 0 amide bonds. The van der Waals surface area contributed by atoms with Gasteiger partial charge in [-0.05, 0) is 60.1 Å². The molecule has 0 N–H and O–H groups in total. The molecule has 19 heteroatoms. The van der Waals surface area contributed by atoms with Gasteiger partial charge in [0, 0.05) is 47.8 Å². The first-order valence-electron chi connectivity index (χ1n) is 15.0. The maximum absolute atomic E-state index is 13.6. The van der Waals surface area contributed by atoms with E-state index in [1.54, 1.807) is 0 Å². The van der Waals surface area contributed by atoms with Gasteiger partial charge >= 0.3 is 18.5 Å². The number of aromatic nitrogens is 2. The van der Waals surface area contributed by atoms with Crippen molar-refractivity contribution in [3.05, 3.63) is 115 Å². The van der Waals surface area contributed by atoms with E-state index < -0.39 is 74.5 Å². The number of halogens is 6. The number of carbonyl (C=O) groups is 1. The molecule has 0 fully saturated rings. The molecule has 0 radical (unpaired) electrons. The molecule has 52 heavy (non-hydrogen) atoms. The number of pyridine rings is 2. The van der Waals surface area contributed by atoms with Gasteiger partial charge in [0.15, 0.2) is 0 Å². The molecule has 2 heterocycles. The van der Waals surface area contributed by atoms with Gasteiger partial charge < -0.3 is 18.9 Å². The van der Waals surface area contributed by atoms with Gasteiger partial charge in [0.05, 0.1) is 24.1 Å². The van der Waals surface area contributed by atoms with Crippen LogP contribution in [0.1, 0.15) is 59.1 Å². The van der Waals surface area contributed by atoms with Gasteiger partial charge in [0.1, 0.15) is 22.6 Å². The highest BCUT2D eigenvalue weighted by atomic mass is 19.4. The van der Waals surface area contributed by atoms with Crippen LogP contribution in [0.5, 0.6) is 23.3 Å². The quantitative estimate of drug-likeness (QED) is 0.0449. The molecule has 0 saturated carbocycles. The molecule has 0 bridgehead atoms. The maximum Gasteiger partial charge on any atom is 0.519 e. The summed E-state index contributed by atoms with van der Waals surface area (Å²) >= 11 is 0. The number of rotatable bonds is 12. The Morgan fingerprint density at radius 1 is 0.692 bits per heavy atom. The summed E-state index contributed by atoms with van der Waals surface area (Å²) in [6, 6.07) is 7.99. The minimum atomic E-state index is -4.80. The van der Waals surface area contributed by atoms with Crippen molar-refractivity contribution in [1.82, 2.24) is 9.97 Å². The highest BCUT2D eigenvalue weighted by Gasteiger charge is 2.37. The minimum absolute atomic E-state index is 0.0352. The lowest BCUT2D eigenvalue weighted by atomic mass is 9.93. The highest BCUT2D eigenvalue weighted by Crippen LogP contribution is 2.39. The van der Waals surface area contributed by atoms with Gasteiger partial charge in [-0.3, -0.25) is 20.2 Å². The third-order valence-corrected chi connectivity index (χ3v) is 7.83. The van der Waals surface area contributed by atoms with Crippen LogP contribution in [0.2, 0.25) is 0 Å². The third-order valence-electron chi connectivity index (χ3n) is 7.83. The molecule has 4 rings (SSSR count). The number of nitro groups is 2. The zero-order chi connectivity index (χ0) is 38.5. The van der Waals surface area contributed by atoms with Crippen molar-refractivity contribution in [3.8, 4) is 23.3 Å². The average Bonchev–Trinajstić information content (AvgIpc) is 3.08. The lowest BCUT2D eigenvalue weighted by Crippen LogP contribution is -2.17. The van der Waals surface area contributed by atoms with E-state index in [4.69, 9.17) is 18.9 Å². The summed E-state index contributed by atoms with van der Waals surface area (Å²) < 4.78 is 102. The van der Waals surface area contributed by atoms with E-state index >= 15 is 0 Å².